The van der Waals surface area contributed by atoms with Gasteiger partial charge in [0, 0.05) is 0 Å². The zero-order valence-corrected chi connectivity index (χ0v) is 4.56. The van der Waals surface area contributed by atoms with Gasteiger partial charge in [-0.15, -0.1) is 0 Å². The van der Waals surface area contributed by atoms with Crippen LogP contribution in [0.4, 0.5) is 8.78 Å². The fraction of sp³-hybridized carbons (Fsp3) is 0. The van der Waals surface area contributed by atoms with Crippen LogP contribution in [0.15, 0.2) is 12.3 Å². The number of halogens is 2. The predicted octanol–water partition coefficient (Wildman–Crippen LogP) is 1.54. The van der Waals surface area contributed by atoms with Crippen LogP contribution in [0.25, 0.3) is 0 Å². The largest absolute Gasteiger partial charge is 0.225 e. The first-order valence-corrected chi connectivity index (χ1v) is 2.33. The smallest absolute Gasteiger partial charge is 0.213 e. The van der Waals surface area contributed by atoms with Gasteiger partial charge in [-0.1, -0.05) is 0 Å². The van der Waals surface area contributed by atoms with Crippen molar-refractivity contribution in [3.63, 3.8) is 0 Å². The third kappa shape index (κ3) is 1.22. The van der Waals surface area contributed by atoms with Gasteiger partial charge in [0.05, 0.1) is 6.20 Å². The van der Waals surface area contributed by atoms with Crippen molar-refractivity contribution in [2.24, 2.45) is 0 Å². The van der Waals surface area contributed by atoms with Crippen LogP contribution in [0.5, 0.6) is 0 Å². The number of hydrogen-bond acceptors (Lipinski definition) is 1. The Morgan fingerprint density at radius 3 is 2.56 bits per heavy atom. The zero-order chi connectivity index (χ0) is 6.85. The molecule has 3 heteroatoms. The molecule has 1 heterocycles. The Bertz CT molecular complexity index is 222. The molecule has 0 unspecified atom stereocenters. The summed E-state index contributed by atoms with van der Waals surface area (Å²) < 4.78 is 24.2. The molecule has 1 aromatic heterocycles. The molecule has 0 aromatic carbocycles. The number of pyridine rings is 1. The Morgan fingerprint density at radius 1 is 1.44 bits per heavy atom. The highest BCUT2D eigenvalue weighted by Crippen LogP contribution is 2.03. The number of rotatable bonds is 0. The first-order chi connectivity index (χ1) is 4.20. The number of aromatic nitrogens is 1. The lowest BCUT2D eigenvalue weighted by molar-refractivity contribution is 0.557. The molecule has 1 aromatic rings. The van der Waals surface area contributed by atoms with Crippen LogP contribution in [-0.2, 0) is 0 Å². The van der Waals surface area contributed by atoms with Crippen molar-refractivity contribution in [1.82, 2.24) is 4.98 Å². The van der Waals surface area contributed by atoms with E-state index in [-0.39, 0.29) is 5.56 Å². The van der Waals surface area contributed by atoms with Crippen LogP contribution in [0, 0.1) is 18.7 Å². The third-order valence-electron chi connectivity index (χ3n) is 0.901. The molecule has 0 fully saturated rings. The molecule has 0 bridgehead atoms. The molecule has 0 aliphatic heterocycles. The van der Waals surface area contributed by atoms with E-state index in [0.717, 1.165) is 12.3 Å². The van der Waals surface area contributed by atoms with E-state index in [0.29, 0.717) is 0 Å². The van der Waals surface area contributed by atoms with Crippen molar-refractivity contribution in [2.45, 2.75) is 0 Å². The standard InChI is InChI=1S/C6H4F2N/c1-4-2-6(8)9-3-5(4)7/h2-3H,1H2. The van der Waals surface area contributed by atoms with E-state index in [9.17, 15) is 8.78 Å². The second-order valence-corrected chi connectivity index (χ2v) is 1.60. The summed E-state index contributed by atoms with van der Waals surface area (Å²) in [5, 5.41) is 0. The highest BCUT2D eigenvalue weighted by atomic mass is 19.1. The molecule has 9 heavy (non-hydrogen) atoms. The lowest BCUT2D eigenvalue weighted by Gasteiger charge is -1.91. The molecule has 1 rings (SSSR count). The molecule has 47 valence electrons. The van der Waals surface area contributed by atoms with Gasteiger partial charge in [0.25, 0.3) is 0 Å². The van der Waals surface area contributed by atoms with E-state index in [1.165, 1.54) is 0 Å². The summed E-state index contributed by atoms with van der Waals surface area (Å²) in [5.74, 6) is -1.29. The van der Waals surface area contributed by atoms with Crippen molar-refractivity contribution < 1.29 is 8.78 Å². The van der Waals surface area contributed by atoms with Crippen LogP contribution in [0.3, 0.4) is 0 Å². The lowest BCUT2D eigenvalue weighted by atomic mass is 10.3. The molecule has 0 atom stereocenters. The van der Waals surface area contributed by atoms with E-state index in [4.69, 9.17) is 0 Å². The minimum atomic E-state index is -0.707. The van der Waals surface area contributed by atoms with Crippen LogP contribution in [0.1, 0.15) is 5.56 Å². The summed E-state index contributed by atoms with van der Waals surface area (Å²) in [5.41, 5.74) is 0.0301. The van der Waals surface area contributed by atoms with Gasteiger partial charge in [-0.2, -0.15) is 4.39 Å². The van der Waals surface area contributed by atoms with Gasteiger partial charge in [0.2, 0.25) is 5.95 Å². The fourth-order valence-corrected chi connectivity index (χ4v) is 0.451. The molecule has 0 saturated heterocycles. The molecule has 0 aliphatic carbocycles. The topological polar surface area (TPSA) is 12.9 Å². The Labute approximate surface area is 51.3 Å². The molecule has 1 radical (unpaired) electrons. The molecule has 0 N–H and O–H groups in total. The summed E-state index contributed by atoms with van der Waals surface area (Å²) >= 11 is 0. The molecule has 0 aliphatic rings. The first kappa shape index (κ1) is 6.13. The van der Waals surface area contributed by atoms with Crippen LogP contribution in [-0.4, -0.2) is 4.98 Å². The molecule has 0 amide bonds. The second-order valence-electron chi connectivity index (χ2n) is 1.60. The summed E-state index contributed by atoms with van der Waals surface area (Å²) in [6.07, 6.45) is 0.803. The average Bonchev–Trinajstić information content (AvgIpc) is 1.80. The number of hydrogen-bond donors (Lipinski definition) is 0. The minimum absolute atomic E-state index is 0.0301. The van der Waals surface area contributed by atoms with Crippen molar-refractivity contribution >= 4 is 0 Å². The van der Waals surface area contributed by atoms with Crippen molar-refractivity contribution in [2.75, 3.05) is 0 Å². The maximum absolute atomic E-state index is 12.2. The molecular weight excluding hydrogens is 124 g/mol. The van der Waals surface area contributed by atoms with Crippen LogP contribution < -0.4 is 0 Å². The van der Waals surface area contributed by atoms with Gasteiger partial charge in [0.15, 0.2) is 0 Å². The lowest BCUT2D eigenvalue weighted by Crippen LogP contribution is -1.87. The Hall–Kier alpha value is -0.990. The molecule has 0 saturated carbocycles. The van der Waals surface area contributed by atoms with Crippen molar-refractivity contribution in [1.29, 1.82) is 0 Å². The van der Waals surface area contributed by atoms with E-state index < -0.39 is 11.8 Å². The summed E-state index contributed by atoms with van der Waals surface area (Å²) in [6.45, 7) is 3.23. The zero-order valence-electron chi connectivity index (χ0n) is 4.56. The van der Waals surface area contributed by atoms with E-state index in [1.54, 1.807) is 0 Å². The Morgan fingerprint density at radius 2 is 2.11 bits per heavy atom. The monoisotopic (exact) mass is 128 g/mol. The van der Waals surface area contributed by atoms with Crippen molar-refractivity contribution in [3.8, 4) is 0 Å². The minimum Gasteiger partial charge on any atom is -0.225 e. The molecule has 1 nitrogen and oxygen atoms in total. The fourth-order valence-electron chi connectivity index (χ4n) is 0.451. The van der Waals surface area contributed by atoms with Crippen LogP contribution >= 0.6 is 0 Å². The maximum atomic E-state index is 12.2. The second kappa shape index (κ2) is 2.09. The highest BCUT2D eigenvalue weighted by Gasteiger charge is 1.97. The van der Waals surface area contributed by atoms with E-state index >= 15 is 0 Å². The van der Waals surface area contributed by atoms with Crippen molar-refractivity contribution in [3.05, 3.63) is 36.5 Å². The van der Waals surface area contributed by atoms with E-state index in [1.807, 2.05) is 0 Å². The van der Waals surface area contributed by atoms with E-state index in [2.05, 4.69) is 11.9 Å². The third-order valence-corrected chi connectivity index (χ3v) is 0.901. The van der Waals surface area contributed by atoms with Crippen LogP contribution in [0.2, 0.25) is 0 Å². The average molecular weight is 128 g/mol. The van der Waals surface area contributed by atoms with Gasteiger partial charge < -0.3 is 0 Å². The summed E-state index contributed by atoms with van der Waals surface area (Å²) in [4.78, 5) is 3.06. The normalized spacial score (nSPS) is 9.67. The highest BCUT2D eigenvalue weighted by molar-refractivity contribution is 5.15. The Kier molecular flexibility index (Phi) is 1.42. The predicted molar refractivity (Wildman–Crippen MR) is 28.6 cm³/mol. The Balaban J connectivity index is 3.17. The number of nitrogens with zero attached hydrogens (tertiary/aromatic N) is 1. The van der Waals surface area contributed by atoms with Gasteiger partial charge in [-0.05, 0) is 18.6 Å². The SMILES string of the molecule is [CH2]c1cc(F)ncc1F. The van der Waals surface area contributed by atoms with Gasteiger partial charge in [0.1, 0.15) is 5.82 Å². The summed E-state index contributed by atoms with van der Waals surface area (Å²) in [7, 11) is 0. The maximum Gasteiger partial charge on any atom is 0.213 e. The van der Waals surface area contributed by atoms with Gasteiger partial charge in [-0.25, -0.2) is 9.37 Å². The van der Waals surface area contributed by atoms with Gasteiger partial charge in [-0.3, -0.25) is 0 Å². The summed E-state index contributed by atoms with van der Waals surface area (Å²) in [6, 6.07) is 0.940. The quantitative estimate of drug-likeness (QED) is 0.483. The van der Waals surface area contributed by atoms with Gasteiger partial charge >= 0.3 is 0 Å². The molecular formula is C6H4F2N. The first-order valence-electron chi connectivity index (χ1n) is 2.33. The molecule has 0 spiro atoms.